The van der Waals surface area contributed by atoms with E-state index in [2.05, 4.69) is 15.9 Å². The Labute approximate surface area is 98.1 Å². The molecule has 0 heterocycles. The van der Waals surface area contributed by atoms with E-state index in [0.717, 1.165) is 6.42 Å². The van der Waals surface area contributed by atoms with E-state index in [9.17, 15) is 13.0 Å². The molecule has 0 bridgehead atoms. The number of hydrogen-bond donors (Lipinski definition) is 0. The Morgan fingerprint density at radius 1 is 1.55 bits per heavy atom. The van der Waals surface area contributed by atoms with Crippen LogP contribution in [0.2, 0.25) is 0 Å². The number of rotatable bonds is 4. The second kappa shape index (κ2) is 6.86. The van der Waals surface area contributed by atoms with E-state index >= 15 is 0 Å². The van der Waals surface area contributed by atoms with Crippen molar-refractivity contribution >= 4 is 26.0 Å². The summed E-state index contributed by atoms with van der Waals surface area (Å²) in [7, 11) is -3.99. The summed E-state index contributed by atoms with van der Waals surface area (Å²) in [5.74, 6) is -0.247. The monoisotopic (exact) mass is 252 g/mol. The topological polar surface area (TPSA) is 57.2 Å². The minimum absolute atomic E-state index is 0. The molecule has 0 aliphatic rings. The van der Waals surface area contributed by atoms with Gasteiger partial charge in [0, 0.05) is 10.6 Å². The van der Waals surface area contributed by atoms with Crippen LogP contribution in [0.5, 0.6) is 0 Å². The van der Waals surface area contributed by atoms with Gasteiger partial charge in [0.2, 0.25) is 0 Å². The Bertz CT molecular complexity index is 178. The van der Waals surface area contributed by atoms with Crippen LogP contribution in [0.25, 0.3) is 0 Å². The van der Waals surface area contributed by atoms with Gasteiger partial charge in [-0.05, 0) is 12.8 Å². The van der Waals surface area contributed by atoms with Gasteiger partial charge >= 0.3 is 29.6 Å². The average molecular weight is 253 g/mol. The Balaban J connectivity index is 0. The van der Waals surface area contributed by atoms with Crippen molar-refractivity contribution in [3.63, 3.8) is 0 Å². The fraction of sp³-hybridized carbons (Fsp3) is 1.00. The molecule has 11 heavy (non-hydrogen) atoms. The van der Waals surface area contributed by atoms with Crippen molar-refractivity contribution in [2.45, 2.75) is 24.6 Å². The molecular weight excluding hydrogens is 243 g/mol. The zero-order valence-corrected chi connectivity index (χ0v) is 11.1. The van der Waals surface area contributed by atoms with Gasteiger partial charge in [-0.25, -0.2) is 8.42 Å². The smallest absolute Gasteiger partial charge is 0.748 e. The van der Waals surface area contributed by atoms with E-state index in [0.29, 0.717) is 6.42 Å². The van der Waals surface area contributed by atoms with E-state index in [1.165, 1.54) is 0 Å². The summed E-state index contributed by atoms with van der Waals surface area (Å²) in [5, 5.41) is 0. The summed E-state index contributed by atoms with van der Waals surface area (Å²) in [6.07, 6.45) is 1.17. The molecule has 62 valence electrons. The van der Waals surface area contributed by atoms with Crippen molar-refractivity contribution in [1.29, 1.82) is 0 Å². The van der Waals surface area contributed by atoms with Gasteiger partial charge in [-0.1, -0.05) is 22.9 Å². The van der Waals surface area contributed by atoms with E-state index in [1.54, 1.807) is 0 Å². The minimum Gasteiger partial charge on any atom is -0.748 e. The fourth-order valence-corrected chi connectivity index (χ4v) is 1.39. The molecule has 0 saturated carbocycles. The first-order valence-corrected chi connectivity index (χ1v) is 5.49. The molecule has 0 amide bonds. The maximum atomic E-state index is 10.0. The largest absolute Gasteiger partial charge is 1.00 e. The zero-order chi connectivity index (χ0) is 8.20. The van der Waals surface area contributed by atoms with Crippen LogP contribution in [0.4, 0.5) is 0 Å². The van der Waals surface area contributed by atoms with Crippen LogP contribution in [0, 0.1) is 0 Å². The van der Waals surface area contributed by atoms with Gasteiger partial charge in [-0.3, -0.25) is 0 Å². The number of alkyl halides is 1. The Morgan fingerprint density at radius 2 is 2.00 bits per heavy atom. The van der Waals surface area contributed by atoms with Crippen molar-refractivity contribution in [3.05, 3.63) is 0 Å². The van der Waals surface area contributed by atoms with E-state index in [-0.39, 0.29) is 40.1 Å². The van der Waals surface area contributed by atoms with E-state index in [1.807, 2.05) is 6.92 Å². The van der Waals surface area contributed by atoms with Crippen LogP contribution in [0.1, 0.15) is 19.8 Å². The van der Waals surface area contributed by atoms with Crippen molar-refractivity contribution in [2.24, 2.45) is 0 Å². The van der Waals surface area contributed by atoms with Crippen LogP contribution >= 0.6 is 15.9 Å². The molecule has 0 aromatic carbocycles. The standard InChI is InChI=1S/C5H11BrO3S.Na/c1-5(6)3-2-4-10(7,8)9;/h5H,2-4H2,1H3,(H,7,8,9);/q;+1/p-1. The van der Waals surface area contributed by atoms with Gasteiger partial charge in [0.1, 0.15) is 0 Å². The normalized spacial score (nSPS) is 13.7. The van der Waals surface area contributed by atoms with Crippen molar-refractivity contribution in [3.8, 4) is 0 Å². The molecule has 1 unspecified atom stereocenters. The summed E-state index contributed by atoms with van der Waals surface area (Å²) >= 11 is 3.25. The molecule has 6 heteroatoms. The third kappa shape index (κ3) is 14.3. The zero-order valence-electron chi connectivity index (χ0n) is 6.71. The van der Waals surface area contributed by atoms with Gasteiger partial charge in [-0.2, -0.15) is 0 Å². The first-order chi connectivity index (χ1) is 4.42. The Hall–Kier alpha value is 1.39. The van der Waals surface area contributed by atoms with Gasteiger partial charge in [-0.15, -0.1) is 0 Å². The second-order valence-corrected chi connectivity index (χ2v) is 5.27. The second-order valence-electron chi connectivity index (χ2n) is 2.18. The number of hydrogen-bond acceptors (Lipinski definition) is 3. The molecule has 1 atom stereocenters. The Kier molecular flexibility index (Phi) is 9.28. The van der Waals surface area contributed by atoms with Crippen molar-refractivity contribution < 1.29 is 42.5 Å². The van der Waals surface area contributed by atoms with Crippen LogP contribution in [0.3, 0.4) is 0 Å². The predicted molar refractivity (Wildman–Crippen MR) is 42.2 cm³/mol. The molecule has 0 aromatic rings. The van der Waals surface area contributed by atoms with Crippen LogP contribution in [0.15, 0.2) is 0 Å². The summed E-state index contributed by atoms with van der Waals surface area (Å²) in [6, 6.07) is 0. The summed E-state index contributed by atoms with van der Waals surface area (Å²) in [6.45, 7) is 1.91. The predicted octanol–water partition coefficient (Wildman–Crippen LogP) is -1.90. The van der Waals surface area contributed by atoms with Gasteiger partial charge in [0.05, 0.1) is 10.1 Å². The summed E-state index contributed by atoms with van der Waals surface area (Å²) in [4.78, 5) is 0.286. The first kappa shape index (κ1) is 14.9. The molecule has 0 fully saturated rings. The van der Waals surface area contributed by atoms with Crippen LogP contribution in [-0.4, -0.2) is 23.6 Å². The summed E-state index contributed by atoms with van der Waals surface area (Å²) in [5.41, 5.74) is 0. The minimum atomic E-state index is -3.99. The fourth-order valence-electron chi connectivity index (χ4n) is 0.541. The average Bonchev–Trinajstić information content (AvgIpc) is 1.59. The van der Waals surface area contributed by atoms with E-state index in [4.69, 9.17) is 0 Å². The third-order valence-corrected chi connectivity index (χ3v) is 2.24. The van der Waals surface area contributed by atoms with Crippen molar-refractivity contribution in [1.82, 2.24) is 0 Å². The molecule has 0 N–H and O–H groups in total. The molecule has 0 saturated heterocycles. The molecule has 0 aliphatic carbocycles. The molecule has 0 rings (SSSR count). The molecular formula is C5H10BrNaO3S. The maximum absolute atomic E-state index is 10.0. The molecule has 0 spiro atoms. The molecule has 0 aliphatic heterocycles. The first-order valence-electron chi connectivity index (χ1n) is 2.99. The van der Waals surface area contributed by atoms with Crippen molar-refractivity contribution in [2.75, 3.05) is 5.75 Å². The maximum Gasteiger partial charge on any atom is 1.00 e. The molecule has 3 nitrogen and oxygen atoms in total. The Morgan fingerprint density at radius 3 is 2.27 bits per heavy atom. The van der Waals surface area contributed by atoms with Gasteiger partial charge < -0.3 is 4.55 Å². The third-order valence-electron chi connectivity index (χ3n) is 0.996. The van der Waals surface area contributed by atoms with Crippen LogP contribution < -0.4 is 29.6 Å². The molecule has 0 radical (unpaired) electrons. The van der Waals surface area contributed by atoms with E-state index < -0.39 is 10.1 Å². The summed E-state index contributed by atoms with van der Waals surface area (Å²) < 4.78 is 30.1. The van der Waals surface area contributed by atoms with Gasteiger partial charge in [0.15, 0.2) is 0 Å². The SMILES string of the molecule is CC(Br)CCCS(=O)(=O)[O-].[Na+]. The van der Waals surface area contributed by atoms with Gasteiger partial charge in [0.25, 0.3) is 0 Å². The van der Waals surface area contributed by atoms with Crippen LogP contribution in [-0.2, 0) is 10.1 Å². The molecule has 0 aromatic heterocycles. The quantitative estimate of drug-likeness (QED) is 0.334. The number of halogens is 1.